The van der Waals surface area contributed by atoms with E-state index in [2.05, 4.69) is 4.28 Å². The van der Waals surface area contributed by atoms with Crippen molar-refractivity contribution in [2.45, 2.75) is 56.2 Å². The van der Waals surface area contributed by atoms with Crippen LogP contribution in [0.4, 0.5) is 13.6 Å². The van der Waals surface area contributed by atoms with E-state index >= 15 is 0 Å². The normalized spacial score (nSPS) is 28.6. The summed E-state index contributed by atoms with van der Waals surface area (Å²) in [4.78, 5) is 30.3. The highest BCUT2D eigenvalue weighted by Gasteiger charge is 2.62. The molecule has 4 N–H and O–H groups in total. The van der Waals surface area contributed by atoms with Gasteiger partial charge in [0.15, 0.2) is 0 Å². The number of hydroxylamine groups is 3. The average Bonchev–Trinajstić information content (AvgIpc) is 3.20. The van der Waals surface area contributed by atoms with Gasteiger partial charge in [-0.15, -0.1) is 4.28 Å². The molecule has 3 atom stereocenters. The summed E-state index contributed by atoms with van der Waals surface area (Å²) in [6.45, 7) is -0.658. The number of carbonyl (C=O) groups is 2. The topological polar surface area (TPSA) is 151 Å². The van der Waals surface area contributed by atoms with Gasteiger partial charge in [-0.2, -0.15) is 13.5 Å². The molecule has 3 unspecified atom stereocenters. The first kappa shape index (κ1) is 21.1. The summed E-state index contributed by atoms with van der Waals surface area (Å²) in [5.74, 6) is -4.35. The summed E-state index contributed by atoms with van der Waals surface area (Å²) < 4.78 is 63.0. The number of alkyl halides is 2. The number of nitrogens with two attached hydrogens (primary N) is 1. The minimum absolute atomic E-state index is 0.00587. The minimum Gasteiger partial charge on any atom is -0.325 e. The van der Waals surface area contributed by atoms with E-state index in [0.717, 1.165) is 30.6 Å². The molecular weight excluding hydrogens is 406 g/mol. The van der Waals surface area contributed by atoms with Crippen molar-refractivity contribution in [3.8, 4) is 0 Å². The largest absolute Gasteiger partial charge is 0.418 e. The summed E-state index contributed by atoms with van der Waals surface area (Å²) in [6.07, 6.45) is 3.00. The Morgan fingerprint density at radius 1 is 1.39 bits per heavy atom. The van der Waals surface area contributed by atoms with Crippen molar-refractivity contribution >= 4 is 22.3 Å². The molecule has 0 aromatic heterocycles. The highest BCUT2D eigenvalue weighted by atomic mass is 32.3. The lowest BCUT2D eigenvalue weighted by atomic mass is 9.96. The first-order valence-electron chi connectivity index (χ1n) is 8.81. The van der Waals surface area contributed by atoms with E-state index in [1.165, 1.54) is 0 Å². The molecule has 3 aliphatic rings. The third-order valence-electron chi connectivity index (χ3n) is 5.35. The number of hydrogen-bond donors (Lipinski definition) is 3. The van der Waals surface area contributed by atoms with Crippen LogP contribution < -0.4 is 11.2 Å². The predicted octanol–water partition coefficient (Wildman–Crippen LogP) is -0.200. The first-order chi connectivity index (χ1) is 13.0. The maximum absolute atomic E-state index is 14.3. The number of nitrogens with one attached hydrogen (secondary N) is 1. The Bertz CT molecular complexity index is 731. The van der Waals surface area contributed by atoms with Crippen LogP contribution >= 0.6 is 0 Å². The van der Waals surface area contributed by atoms with Crippen LogP contribution in [0.25, 0.3) is 0 Å². The molecule has 0 aromatic rings. The molecular formula is C14H22F2N4O7S. The molecule has 3 fully saturated rings. The van der Waals surface area contributed by atoms with Gasteiger partial charge in [-0.3, -0.25) is 14.2 Å². The fourth-order valence-electron chi connectivity index (χ4n) is 3.89. The standard InChI is InChI=1S/C14H22F2N4O7S/c15-14(16)5-10(12(21)18-26-7-9(17)8-3-1-2-4-8)19-6-11(14)20(13(19)22)27-28(23,24)25/h8-11H,1-7,17H2,(H,18,21)(H,23,24,25). The van der Waals surface area contributed by atoms with Gasteiger partial charge in [0.05, 0.1) is 13.2 Å². The van der Waals surface area contributed by atoms with Gasteiger partial charge in [-0.25, -0.2) is 19.1 Å². The Morgan fingerprint density at radius 3 is 2.64 bits per heavy atom. The van der Waals surface area contributed by atoms with Crippen molar-refractivity contribution in [1.29, 1.82) is 0 Å². The summed E-state index contributed by atoms with van der Waals surface area (Å²) in [7, 11) is -5.19. The van der Waals surface area contributed by atoms with Gasteiger partial charge in [-0.1, -0.05) is 12.8 Å². The maximum atomic E-state index is 14.3. The smallest absolute Gasteiger partial charge is 0.325 e. The number of fused-ring (bicyclic) bond motifs is 2. The first-order valence-corrected chi connectivity index (χ1v) is 10.2. The molecule has 2 aliphatic heterocycles. The summed E-state index contributed by atoms with van der Waals surface area (Å²) in [6, 6.07) is -5.14. The molecule has 3 amide bonds. The Balaban J connectivity index is 1.61. The maximum Gasteiger partial charge on any atom is 0.418 e. The highest BCUT2D eigenvalue weighted by Crippen LogP contribution is 2.41. The van der Waals surface area contributed by atoms with Crippen LogP contribution in [-0.4, -0.2) is 72.1 Å². The zero-order chi connectivity index (χ0) is 20.7. The molecule has 2 saturated heterocycles. The number of amides is 3. The number of halogens is 2. The minimum atomic E-state index is -5.19. The van der Waals surface area contributed by atoms with E-state index in [4.69, 9.17) is 15.1 Å². The van der Waals surface area contributed by atoms with E-state index in [1.807, 2.05) is 5.48 Å². The molecule has 0 spiro atoms. The van der Waals surface area contributed by atoms with E-state index in [9.17, 15) is 26.8 Å². The monoisotopic (exact) mass is 428 g/mol. The van der Waals surface area contributed by atoms with E-state index in [-0.39, 0.29) is 23.6 Å². The fraction of sp³-hybridized carbons (Fsp3) is 0.857. The van der Waals surface area contributed by atoms with E-state index in [1.54, 1.807) is 0 Å². The van der Waals surface area contributed by atoms with Crippen molar-refractivity contribution in [3.63, 3.8) is 0 Å². The molecule has 14 heteroatoms. The summed E-state index contributed by atoms with van der Waals surface area (Å²) in [5.41, 5.74) is 8.02. The van der Waals surface area contributed by atoms with Gasteiger partial charge in [0.2, 0.25) is 0 Å². The lowest BCUT2D eigenvalue weighted by Crippen LogP contribution is -2.56. The SMILES string of the molecule is NC(CONC(=O)C1CC(F)(F)C2CN1C(=O)N2OS(=O)(=O)O)C1CCCC1. The molecule has 0 radical (unpaired) electrons. The van der Waals surface area contributed by atoms with Crippen molar-refractivity contribution in [2.24, 2.45) is 11.7 Å². The molecule has 160 valence electrons. The molecule has 1 saturated carbocycles. The Morgan fingerprint density at radius 2 is 2.04 bits per heavy atom. The van der Waals surface area contributed by atoms with Gasteiger partial charge >= 0.3 is 16.4 Å². The number of rotatable bonds is 7. The molecule has 2 heterocycles. The van der Waals surface area contributed by atoms with Gasteiger partial charge in [0.1, 0.15) is 12.1 Å². The van der Waals surface area contributed by atoms with Crippen LogP contribution in [0.1, 0.15) is 32.1 Å². The van der Waals surface area contributed by atoms with Crippen molar-refractivity contribution < 1.29 is 40.5 Å². The third kappa shape index (κ3) is 4.35. The highest BCUT2D eigenvalue weighted by molar-refractivity contribution is 7.80. The second kappa shape index (κ2) is 7.67. The Hall–Kier alpha value is -1.61. The fourth-order valence-corrected chi connectivity index (χ4v) is 4.26. The van der Waals surface area contributed by atoms with Gasteiger partial charge < -0.3 is 10.6 Å². The molecule has 3 rings (SSSR count). The predicted molar refractivity (Wildman–Crippen MR) is 87.7 cm³/mol. The summed E-state index contributed by atoms with van der Waals surface area (Å²) >= 11 is 0. The van der Waals surface area contributed by atoms with Crippen LogP contribution in [0.15, 0.2) is 0 Å². The third-order valence-corrected chi connectivity index (χ3v) is 5.70. The number of nitrogens with zero attached hydrogens (tertiary/aromatic N) is 2. The number of piperidine rings is 1. The number of urea groups is 1. The van der Waals surface area contributed by atoms with Crippen molar-refractivity contribution in [2.75, 3.05) is 13.2 Å². The van der Waals surface area contributed by atoms with E-state index in [0.29, 0.717) is 0 Å². The number of hydrogen-bond acceptors (Lipinski definition) is 7. The Labute approximate surface area is 160 Å². The van der Waals surface area contributed by atoms with Crippen LogP contribution in [0.2, 0.25) is 0 Å². The van der Waals surface area contributed by atoms with Crippen LogP contribution in [-0.2, 0) is 24.3 Å². The Kier molecular flexibility index (Phi) is 5.78. The molecule has 1 aliphatic carbocycles. The number of carbonyl (C=O) groups excluding carboxylic acids is 2. The molecule has 11 nitrogen and oxygen atoms in total. The second-order valence-electron chi connectivity index (χ2n) is 7.25. The molecule has 0 aromatic carbocycles. The van der Waals surface area contributed by atoms with E-state index < -0.39 is 53.3 Å². The second-order valence-corrected chi connectivity index (χ2v) is 8.25. The van der Waals surface area contributed by atoms with Gasteiger partial charge in [-0.05, 0) is 18.8 Å². The van der Waals surface area contributed by atoms with Gasteiger partial charge in [0.25, 0.3) is 11.8 Å². The zero-order valence-corrected chi connectivity index (χ0v) is 15.6. The van der Waals surface area contributed by atoms with Crippen LogP contribution in [0.5, 0.6) is 0 Å². The zero-order valence-electron chi connectivity index (χ0n) is 14.8. The lowest BCUT2D eigenvalue weighted by Gasteiger charge is -2.34. The van der Waals surface area contributed by atoms with Crippen molar-refractivity contribution in [3.05, 3.63) is 0 Å². The summed E-state index contributed by atoms with van der Waals surface area (Å²) in [5, 5.41) is -0.126. The van der Waals surface area contributed by atoms with Crippen LogP contribution in [0, 0.1) is 5.92 Å². The molecule has 2 bridgehead atoms. The molecule has 28 heavy (non-hydrogen) atoms. The van der Waals surface area contributed by atoms with Gasteiger partial charge in [0, 0.05) is 12.5 Å². The quantitative estimate of drug-likeness (QED) is 0.372. The van der Waals surface area contributed by atoms with Crippen molar-refractivity contribution in [1.82, 2.24) is 15.4 Å². The average molecular weight is 428 g/mol. The van der Waals surface area contributed by atoms with Crippen LogP contribution in [0.3, 0.4) is 0 Å². The lowest BCUT2D eigenvalue weighted by molar-refractivity contribution is -0.159.